The minimum Gasteiger partial charge on any atom is -0.353 e. The fourth-order valence-corrected chi connectivity index (χ4v) is 3.73. The molecule has 1 aliphatic carbocycles. The summed E-state index contributed by atoms with van der Waals surface area (Å²) in [7, 11) is 3.80. The van der Waals surface area contributed by atoms with Crippen LogP contribution >= 0.6 is 11.3 Å². The van der Waals surface area contributed by atoms with Crippen molar-refractivity contribution in [1.82, 2.24) is 15.1 Å². The largest absolute Gasteiger partial charge is 0.353 e. The van der Waals surface area contributed by atoms with Crippen molar-refractivity contribution in [2.45, 2.75) is 38.1 Å². The quantitative estimate of drug-likeness (QED) is 0.830. The predicted octanol–water partition coefficient (Wildman–Crippen LogP) is 2.20. The fourth-order valence-electron chi connectivity index (χ4n) is 3.01. The maximum absolute atomic E-state index is 12.1. The highest BCUT2D eigenvalue weighted by Crippen LogP contribution is 2.21. The van der Waals surface area contributed by atoms with Gasteiger partial charge in [0.2, 0.25) is 5.91 Å². The lowest BCUT2D eigenvalue weighted by Gasteiger charge is -2.31. The average Bonchev–Trinajstić information content (AvgIpc) is 3.09. The van der Waals surface area contributed by atoms with Crippen LogP contribution in [0.5, 0.6) is 0 Å². The Balaban J connectivity index is 1.65. The van der Waals surface area contributed by atoms with Gasteiger partial charge >= 0.3 is 0 Å². The first kappa shape index (κ1) is 17.9. The van der Waals surface area contributed by atoms with Crippen molar-refractivity contribution in [3.63, 3.8) is 0 Å². The highest BCUT2D eigenvalue weighted by atomic mass is 32.1. The number of hydrogen-bond acceptors (Lipinski definition) is 4. The molecule has 0 unspecified atom stereocenters. The molecule has 0 spiro atoms. The Hall–Kier alpha value is -1.40. The molecule has 0 atom stereocenters. The molecule has 0 aromatic carbocycles. The van der Waals surface area contributed by atoms with Gasteiger partial charge in [-0.1, -0.05) is 25.3 Å². The van der Waals surface area contributed by atoms with Gasteiger partial charge in [0.1, 0.15) is 0 Å². The molecule has 1 aromatic heterocycles. The summed E-state index contributed by atoms with van der Waals surface area (Å²) >= 11 is 1.39. The molecular formula is C17H27N3O2S. The lowest BCUT2D eigenvalue weighted by molar-refractivity contribution is -0.121. The molecule has 0 saturated heterocycles. The Labute approximate surface area is 142 Å². The van der Waals surface area contributed by atoms with Crippen LogP contribution in [-0.4, -0.2) is 61.4 Å². The summed E-state index contributed by atoms with van der Waals surface area (Å²) in [5.41, 5.74) is 0. The summed E-state index contributed by atoms with van der Waals surface area (Å²) in [6.45, 7) is 1.59. The first-order valence-electron chi connectivity index (χ1n) is 8.34. The van der Waals surface area contributed by atoms with Crippen molar-refractivity contribution in [2.24, 2.45) is 0 Å². The molecule has 2 amide bonds. The van der Waals surface area contributed by atoms with Gasteiger partial charge in [-0.25, -0.2) is 0 Å². The second kappa shape index (κ2) is 9.03. The highest BCUT2D eigenvalue weighted by molar-refractivity contribution is 7.12. The van der Waals surface area contributed by atoms with Crippen LogP contribution in [0.3, 0.4) is 0 Å². The van der Waals surface area contributed by atoms with E-state index < -0.39 is 0 Å². The SMILES string of the molecule is CN(CC(=O)NCCN(C)C1CCCCC1)C(=O)c1cccs1. The lowest BCUT2D eigenvalue weighted by atomic mass is 9.94. The van der Waals surface area contributed by atoms with Crippen molar-refractivity contribution in [3.8, 4) is 0 Å². The first-order valence-corrected chi connectivity index (χ1v) is 9.22. The summed E-state index contributed by atoms with van der Waals surface area (Å²) < 4.78 is 0. The molecular weight excluding hydrogens is 310 g/mol. The molecule has 0 bridgehead atoms. The number of carbonyl (C=O) groups is 2. The van der Waals surface area contributed by atoms with E-state index in [-0.39, 0.29) is 18.4 Å². The molecule has 1 aliphatic rings. The lowest BCUT2D eigenvalue weighted by Crippen LogP contribution is -2.42. The molecule has 0 aliphatic heterocycles. The number of nitrogens with zero attached hydrogens (tertiary/aromatic N) is 2. The van der Waals surface area contributed by atoms with Crippen LogP contribution in [0, 0.1) is 0 Å². The first-order chi connectivity index (χ1) is 11.1. The van der Waals surface area contributed by atoms with Crippen molar-refractivity contribution in [1.29, 1.82) is 0 Å². The van der Waals surface area contributed by atoms with Gasteiger partial charge in [0.15, 0.2) is 0 Å². The second-order valence-corrected chi connectivity index (χ2v) is 7.21. The van der Waals surface area contributed by atoms with Crippen LogP contribution in [-0.2, 0) is 4.79 Å². The van der Waals surface area contributed by atoms with Gasteiger partial charge in [0, 0.05) is 26.2 Å². The third-order valence-corrected chi connectivity index (χ3v) is 5.30. The van der Waals surface area contributed by atoms with E-state index in [1.807, 2.05) is 11.4 Å². The normalized spacial score (nSPS) is 15.6. The van der Waals surface area contributed by atoms with Crippen LogP contribution in [0.4, 0.5) is 0 Å². The van der Waals surface area contributed by atoms with Crippen molar-refractivity contribution >= 4 is 23.2 Å². The Morgan fingerprint density at radius 3 is 2.65 bits per heavy atom. The van der Waals surface area contributed by atoms with E-state index >= 15 is 0 Å². The van der Waals surface area contributed by atoms with Crippen LogP contribution in [0.1, 0.15) is 41.8 Å². The van der Waals surface area contributed by atoms with E-state index in [1.165, 1.54) is 48.3 Å². The molecule has 23 heavy (non-hydrogen) atoms. The van der Waals surface area contributed by atoms with Crippen LogP contribution in [0.2, 0.25) is 0 Å². The summed E-state index contributed by atoms with van der Waals surface area (Å²) in [6.07, 6.45) is 6.52. The van der Waals surface area contributed by atoms with Gasteiger partial charge in [-0.3, -0.25) is 9.59 Å². The Bertz CT molecular complexity index is 498. The molecule has 2 rings (SSSR count). The van der Waals surface area contributed by atoms with Crippen molar-refractivity contribution in [2.75, 3.05) is 33.7 Å². The number of likely N-dealkylation sites (N-methyl/N-ethyl adjacent to an activating group) is 2. The zero-order valence-electron chi connectivity index (χ0n) is 14.1. The maximum Gasteiger partial charge on any atom is 0.264 e. The predicted molar refractivity (Wildman–Crippen MR) is 93.8 cm³/mol. The number of carbonyl (C=O) groups excluding carboxylic acids is 2. The molecule has 1 saturated carbocycles. The van der Waals surface area contributed by atoms with Crippen molar-refractivity contribution in [3.05, 3.63) is 22.4 Å². The summed E-state index contributed by atoms with van der Waals surface area (Å²) in [6, 6.07) is 4.27. The number of amides is 2. The highest BCUT2D eigenvalue weighted by Gasteiger charge is 2.18. The topological polar surface area (TPSA) is 52.7 Å². The molecule has 5 nitrogen and oxygen atoms in total. The molecule has 1 aromatic rings. The number of thiophene rings is 1. The zero-order valence-corrected chi connectivity index (χ0v) is 14.9. The smallest absolute Gasteiger partial charge is 0.264 e. The third kappa shape index (κ3) is 5.62. The molecule has 6 heteroatoms. The minimum absolute atomic E-state index is 0.101. The van der Waals surface area contributed by atoms with E-state index in [2.05, 4.69) is 17.3 Å². The summed E-state index contributed by atoms with van der Waals surface area (Å²) in [5, 5.41) is 4.78. The number of rotatable bonds is 7. The van der Waals surface area contributed by atoms with Gasteiger partial charge in [-0.05, 0) is 31.3 Å². The minimum atomic E-state index is -0.102. The monoisotopic (exact) mass is 337 g/mol. The van der Waals surface area contributed by atoms with Crippen LogP contribution < -0.4 is 5.32 Å². The van der Waals surface area contributed by atoms with Gasteiger partial charge < -0.3 is 15.1 Å². The third-order valence-electron chi connectivity index (χ3n) is 4.44. The van der Waals surface area contributed by atoms with Crippen LogP contribution in [0.25, 0.3) is 0 Å². The molecule has 1 heterocycles. The van der Waals surface area contributed by atoms with E-state index in [0.29, 0.717) is 17.5 Å². The van der Waals surface area contributed by atoms with Gasteiger partial charge in [-0.15, -0.1) is 11.3 Å². The van der Waals surface area contributed by atoms with E-state index in [4.69, 9.17) is 0 Å². The molecule has 1 fully saturated rings. The van der Waals surface area contributed by atoms with Gasteiger partial charge in [0.25, 0.3) is 5.91 Å². The Morgan fingerprint density at radius 1 is 1.26 bits per heavy atom. The maximum atomic E-state index is 12.1. The number of nitrogens with one attached hydrogen (secondary N) is 1. The van der Waals surface area contributed by atoms with Crippen LogP contribution in [0.15, 0.2) is 17.5 Å². The fraction of sp³-hybridized carbons (Fsp3) is 0.647. The van der Waals surface area contributed by atoms with E-state index in [9.17, 15) is 9.59 Å². The molecule has 1 N–H and O–H groups in total. The number of hydrogen-bond donors (Lipinski definition) is 1. The van der Waals surface area contributed by atoms with E-state index in [0.717, 1.165) is 6.54 Å². The Kier molecular flexibility index (Phi) is 7.05. The van der Waals surface area contributed by atoms with E-state index in [1.54, 1.807) is 13.1 Å². The summed E-state index contributed by atoms with van der Waals surface area (Å²) in [5.74, 6) is -0.205. The van der Waals surface area contributed by atoms with Crippen molar-refractivity contribution < 1.29 is 9.59 Å². The van der Waals surface area contributed by atoms with Gasteiger partial charge in [-0.2, -0.15) is 0 Å². The zero-order chi connectivity index (χ0) is 16.7. The Morgan fingerprint density at radius 2 is 2.00 bits per heavy atom. The average molecular weight is 337 g/mol. The second-order valence-electron chi connectivity index (χ2n) is 6.26. The molecule has 128 valence electrons. The standard InChI is InChI=1S/C17H27N3O2S/c1-19(14-7-4-3-5-8-14)11-10-18-16(21)13-20(2)17(22)15-9-6-12-23-15/h6,9,12,14H,3-5,7-8,10-11,13H2,1-2H3,(H,18,21). The summed E-state index contributed by atoms with van der Waals surface area (Å²) in [4.78, 5) is 28.5. The molecule has 0 radical (unpaired) electrons. The van der Waals surface area contributed by atoms with Gasteiger partial charge in [0.05, 0.1) is 11.4 Å².